The van der Waals surface area contributed by atoms with Gasteiger partial charge in [0, 0.05) is 31.7 Å². The topological polar surface area (TPSA) is 57.6 Å². The highest BCUT2D eigenvalue weighted by Crippen LogP contribution is 2.39. The van der Waals surface area contributed by atoms with Gasteiger partial charge in [-0.15, -0.1) is 0 Å². The lowest BCUT2D eigenvalue weighted by atomic mass is 9.71. The molecule has 1 aliphatic carbocycles. The molecule has 0 aromatic rings. The Labute approximate surface area is 110 Å². The van der Waals surface area contributed by atoms with Crippen LogP contribution >= 0.6 is 0 Å². The van der Waals surface area contributed by atoms with Crippen LogP contribution < -0.4 is 0 Å². The lowest BCUT2D eigenvalue weighted by Gasteiger charge is -2.42. The molecule has 106 valence electrons. The number of hydrogen-bond donors (Lipinski definition) is 1. The molecule has 1 saturated heterocycles. The Morgan fingerprint density at radius 1 is 1.22 bits per heavy atom. The van der Waals surface area contributed by atoms with Crippen LogP contribution in [-0.4, -0.2) is 56.2 Å². The van der Waals surface area contributed by atoms with Crippen LogP contribution in [0.5, 0.6) is 0 Å². The molecule has 0 spiro atoms. The molecule has 1 aliphatic heterocycles. The van der Waals surface area contributed by atoms with Gasteiger partial charge in [0.05, 0.1) is 11.5 Å². The smallest absolute Gasteiger partial charge is 0.152 e. The Morgan fingerprint density at radius 3 is 2.28 bits per heavy atom. The van der Waals surface area contributed by atoms with E-state index in [4.69, 9.17) is 0 Å². The van der Waals surface area contributed by atoms with Crippen molar-refractivity contribution in [3.63, 3.8) is 0 Å². The van der Waals surface area contributed by atoms with E-state index in [0.29, 0.717) is 13.1 Å². The molecule has 1 saturated carbocycles. The first-order chi connectivity index (χ1) is 8.45. The van der Waals surface area contributed by atoms with E-state index in [2.05, 4.69) is 11.8 Å². The molecule has 2 rings (SSSR count). The van der Waals surface area contributed by atoms with E-state index in [1.54, 1.807) is 0 Å². The zero-order valence-corrected chi connectivity index (χ0v) is 12.1. The van der Waals surface area contributed by atoms with Gasteiger partial charge in [-0.05, 0) is 18.8 Å². The van der Waals surface area contributed by atoms with Crippen molar-refractivity contribution in [2.75, 3.05) is 37.7 Å². The maximum atomic E-state index is 11.4. The molecule has 0 aromatic heterocycles. The van der Waals surface area contributed by atoms with Gasteiger partial charge in [0.2, 0.25) is 0 Å². The molecule has 0 unspecified atom stereocenters. The molecule has 0 aromatic carbocycles. The summed E-state index contributed by atoms with van der Waals surface area (Å²) in [5.74, 6) is 1.34. The maximum absolute atomic E-state index is 11.4. The highest BCUT2D eigenvalue weighted by molar-refractivity contribution is 7.91. The van der Waals surface area contributed by atoms with Gasteiger partial charge in [-0.1, -0.05) is 19.8 Å². The Bertz CT molecular complexity index is 358. The molecule has 0 amide bonds. The summed E-state index contributed by atoms with van der Waals surface area (Å²) < 4.78 is 22.8. The third-order valence-electron chi connectivity index (χ3n) is 4.67. The largest absolute Gasteiger partial charge is 0.396 e. The van der Waals surface area contributed by atoms with E-state index < -0.39 is 9.84 Å². The van der Waals surface area contributed by atoms with Gasteiger partial charge in [0.1, 0.15) is 0 Å². The molecule has 0 bridgehead atoms. The van der Waals surface area contributed by atoms with Crippen LogP contribution in [-0.2, 0) is 9.84 Å². The Morgan fingerprint density at radius 2 is 1.78 bits per heavy atom. The summed E-state index contributed by atoms with van der Waals surface area (Å²) in [6.45, 7) is 4.66. The maximum Gasteiger partial charge on any atom is 0.152 e. The summed E-state index contributed by atoms with van der Waals surface area (Å²) in [5, 5.41) is 9.72. The number of nitrogens with zero attached hydrogens (tertiary/aromatic N) is 1. The summed E-state index contributed by atoms with van der Waals surface area (Å²) in [6.07, 6.45) is 4.53. The second-order valence-electron chi connectivity index (χ2n) is 6.27. The number of aliphatic hydroxyl groups excluding tert-OH is 1. The minimum absolute atomic E-state index is 0.0214. The van der Waals surface area contributed by atoms with E-state index in [0.717, 1.165) is 25.3 Å². The van der Waals surface area contributed by atoms with Gasteiger partial charge in [-0.25, -0.2) is 8.42 Å². The van der Waals surface area contributed by atoms with Crippen LogP contribution in [0, 0.1) is 11.3 Å². The van der Waals surface area contributed by atoms with Crippen LogP contribution in [0.3, 0.4) is 0 Å². The fraction of sp³-hybridized carbons (Fsp3) is 1.00. The Balaban J connectivity index is 1.91. The molecule has 5 heteroatoms. The Hall–Kier alpha value is -0.130. The third-order valence-corrected chi connectivity index (χ3v) is 6.28. The van der Waals surface area contributed by atoms with E-state index >= 15 is 0 Å². The monoisotopic (exact) mass is 275 g/mol. The minimum atomic E-state index is -2.80. The number of sulfone groups is 1. The number of hydrogen-bond acceptors (Lipinski definition) is 4. The van der Waals surface area contributed by atoms with Crippen molar-refractivity contribution in [2.45, 2.75) is 32.6 Å². The summed E-state index contributed by atoms with van der Waals surface area (Å²) >= 11 is 0. The fourth-order valence-corrected chi connectivity index (χ4v) is 4.40. The molecule has 1 heterocycles. The lowest BCUT2D eigenvalue weighted by molar-refractivity contribution is 0.0317. The van der Waals surface area contributed by atoms with Gasteiger partial charge in [-0.2, -0.15) is 0 Å². The van der Waals surface area contributed by atoms with Crippen LogP contribution in [0.15, 0.2) is 0 Å². The highest BCUT2D eigenvalue weighted by atomic mass is 32.2. The summed E-state index contributed by atoms with van der Waals surface area (Å²) in [6, 6.07) is 0. The molecule has 2 fully saturated rings. The van der Waals surface area contributed by atoms with Gasteiger partial charge in [-0.3, -0.25) is 0 Å². The summed E-state index contributed by atoms with van der Waals surface area (Å²) in [4.78, 5) is 2.23. The van der Waals surface area contributed by atoms with Crippen molar-refractivity contribution >= 4 is 9.84 Å². The molecule has 1 N–H and O–H groups in total. The van der Waals surface area contributed by atoms with Crippen LogP contribution in [0.2, 0.25) is 0 Å². The minimum Gasteiger partial charge on any atom is -0.396 e. The van der Waals surface area contributed by atoms with Crippen LogP contribution in [0.25, 0.3) is 0 Å². The first-order valence-corrected chi connectivity index (χ1v) is 8.81. The third kappa shape index (κ3) is 3.45. The van der Waals surface area contributed by atoms with Crippen molar-refractivity contribution in [3.05, 3.63) is 0 Å². The molecule has 2 aliphatic rings. The highest BCUT2D eigenvalue weighted by Gasteiger charge is 2.36. The van der Waals surface area contributed by atoms with Gasteiger partial charge < -0.3 is 10.0 Å². The lowest BCUT2D eigenvalue weighted by Crippen LogP contribution is -2.48. The second-order valence-corrected chi connectivity index (χ2v) is 8.57. The van der Waals surface area contributed by atoms with E-state index in [1.807, 2.05) is 0 Å². The average molecular weight is 275 g/mol. The van der Waals surface area contributed by atoms with E-state index in [1.165, 1.54) is 12.8 Å². The molecular formula is C13H25NO3S. The number of rotatable bonds is 3. The molecule has 18 heavy (non-hydrogen) atoms. The molecule has 4 nitrogen and oxygen atoms in total. The fourth-order valence-electron chi connectivity index (χ4n) is 3.12. The predicted molar refractivity (Wildman–Crippen MR) is 72.2 cm³/mol. The van der Waals surface area contributed by atoms with Crippen LogP contribution in [0.1, 0.15) is 32.6 Å². The van der Waals surface area contributed by atoms with Gasteiger partial charge >= 0.3 is 0 Å². The van der Waals surface area contributed by atoms with Gasteiger partial charge in [0.25, 0.3) is 0 Å². The quantitative estimate of drug-likeness (QED) is 0.831. The molecular weight excluding hydrogens is 250 g/mol. The van der Waals surface area contributed by atoms with Crippen LogP contribution in [0.4, 0.5) is 0 Å². The average Bonchev–Trinajstić information content (AvgIpc) is 2.35. The number of aliphatic hydroxyl groups is 1. The standard InChI is InChI=1S/C13H25NO3S/c1-12-2-4-13(11-15,5-3-12)10-14-6-8-18(16,17)9-7-14/h12,15H,2-11H2,1H3. The normalized spacial score (nSPS) is 37.6. The zero-order chi connectivity index (χ0) is 13.2. The van der Waals surface area contributed by atoms with Crippen molar-refractivity contribution in [1.82, 2.24) is 4.90 Å². The SMILES string of the molecule is CC1CCC(CO)(CN2CCS(=O)(=O)CC2)CC1. The van der Waals surface area contributed by atoms with Crippen molar-refractivity contribution in [3.8, 4) is 0 Å². The van der Waals surface area contributed by atoms with Crippen molar-refractivity contribution < 1.29 is 13.5 Å². The van der Waals surface area contributed by atoms with E-state index in [9.17, 15) is 13.5 Å². The van der Waals surface area contributed by atoms with Gasteiger partial charge in [0.15, 0.2) is 9.84 Å². The van der Waals surface area contributed by atoms with E-state index in [-0.39, 0.29) is 23.5 Å². The first-order valence-electron chi connectivity index (χ1n) is 6.98. The molecule has 0 atom stereocenters. The second kappa shape index (κ2) is 5.47. The van der Waals surface area contributed by atoms with Crippen molar-refractivity contribution in [2.24, 2.45) is 11.3 Å². The summed E-state index contributed by atoms with van der Waals surface area (Å²) in [5.41, 5.74) is 0.0214. The zero-order valence-electron chi connectivity index (χ0n) is 11.3. The van der Waals surface area contributed by atoms with Crippen molar-refractivity contribution in [1.29, 1.82) is 0 Å². The summed E-state index contributed by atoms with van der Waals surface area (Å²) in [7, 11) is -2.80. The predicted octanol–water partition coefficient (Wildman–Crippen LogP) is 0.906. The molecule has 0 radical (unpaired) electrons. The Kier molecular flexibility index (Phi) is 4.34. The first kappa shape index (κ1) is 14.3.